The monoisotopic (exact) mass is 434 g/mol. The van der Waals surface area contributed by atoms with E-state index in [-0.39, 0.29) is 0 Å². The molecular formula is C24H23BrN2O. The van der Waals surface area contributed by atoms with E-state index in [2.05, 4.69) is 82.9 Å². The van der Waals surface area contributed by atoms with Gasteiger partial charge in [-0.05, 0) is 67.8 Å². The van der Waals surface area contributed by atoms with Crippen LogP contribution in [-0.4, -0.2) is 16.2 Å². The van der Waals surface area contributed by atoms with Crippen LogP contribution >= 0.6 is 15.9 Å². The Morgan fingerprint density at radius 3 is 2.50 bits per heavy atom. The molecule has 0 unspecified atom stereocenters. The van der Waals surface area contributed by atoms with Crippen molar-refractivity contribution in [3.8, 4) is 17.1 Å². The molecule has 0 amide bonds. The Kier molecular flexibility index (Phi) is 5.49. The van der Waals surface area contributed by atoms with Crippen LogP contribution in [0.4, 0.5) is 0 Å². The number of hydrogen-bond acceptors (Lipinski definition) is 2. The van der Waals surface area contributed by atoms with Crippen LogP contribution in [0.1, 0.15) is 17.5 Å². The number of imidazole rings is 1. The smallest absolute Gasteiger partial charge is 0.141 e. The second kappa shape index (κ2) is 8.19. The highest BCUT2D eigenvalue weighted by Crippen LogP contribution is 2.27. The standard InChI is InChI=1S/C24H23BrN2O/c1-17-13-18(2)15-21(14-17)28-12-6-11-27-23-10-4-3-9-22(23)26-24(27)19-7-5-8-20(25)16-19/h3-5,7-10,13-16H,6,11-12H2,1-2H3. The van der Waals surface area contributed by atoms with Gasteiger partial charge >= 0.3 is 0 Å². The molecule has 1 aromatic heterocycles. The predicted molar refractivity (Wildman–Crippen MR) is 119 cm³/mol. The molecule has 0 spiro atoms. The molecular weight excluding hydrogens is 412 g/mol. The van der Waals surface area contributed by atoms with Crippen LogP contribution in [0.25, 0.3) is 22.4 Å². The number of rotatable bonds is 6. The molecule has 4 rings (SSSR count). The Morgan fingerprint density at radius 2 is 1.71 bits per heavy atom. The van der Waals surface area contributed by atoms with E-state index >= 15 is 0 Å². The zero-order valence-electron chi connectivity index (χ0n) is 16.2. The maximum absolute atomic E-state index is 6.00. The minimum absolute atomic E-state index is 0.674. The summed E-state index contributed by atoms with van der Waals surface area (Å²) in [6.45, 7) is 5.73. The maximum Gasteiger partial charge on any atom is 0.141 e. The van der Waals surface area contributed by atoms with Crippen LogP contribution < -0.4 is 4.74 Å². The molecule has 28 heavy (non-hydrogen) atoms. The Hall–Kier alpha value is -2.59. The summed E-state index contributed by atoms with van der Waals surface area (Å²) in [6, 6.07) is 22.9. The van der Waals surface area contributed by atoms with E-state index in [1.54, 1.807) is 0 Å². The van der Waals surface area contributed by atoms with Crippen molar-refractivity contribution in [3.05, 3.63) is 82.3 Å². The second-order valence-electron chi connectivity index (χ2n) is 7.11. The summed E-state index contributed by atoms with van der Waals surface area (Å²) in [5.74, 6) is 1.94. The van der Waals surface area contributed by atoms with E-state index in [9.17, 15) is 0 Å². The van der Waals surface area contributed by atoms with E-state index in [1.807, 2.05) is 18.2 Å². The van der Waals surface area contributed by atoms with Gasteiger partial charge < -0.3 is 9.30 Å². The summed E-state index contributed by atoms with van der Waals surface area (Å²) in [7, 11) is 0. The first-order chi connectivity index (χ1) is 13.6. The van der Waals surface area contributed by atoms with Crippen molar-refractivity contribution in [1.29, 1.82) is 0 Å². The van der Waals surface area contributed by atoms with Gasteiger partial charge in [-0.2, -0.15) is 0 Å². The largest absolute Gasteiger partial charge is 0.494 e. The summed E-state index contributed by atoms with van der Waals surface area (Å²) in [5, 5.41) is 0. The summed E-state index contributed by atoms with van der Waals surface area (Å²) in [4.78, 5) is 4.89. The number of nitrogens with zero attached hydrogens (tertiary/aromatic N) is 2. The van der Waals surface area contributed by atoms with Crippen LogP contribution in [0.5, 0.6) is 5.75 Å². The third kappa shape index (κ3) is 4.12. The van der Waals surface area contributed by atoms with E-state index in [4.69, 9.17) is 9.72 Å². The maximum atomic E-state index is 6.00. The molecule has 4 heteroatoms. The van der Waals surface area contributed by atoms with Crippen LogP contribution in [0, 0.1) is 13.8 Å². The Morgan fingerprint density at radius 1 is 0.929 bits per heavy atom. The predicted octanol–water partition coefficient (Wildman–Crippen LogP) is 6.55. The highest BCUT2D eigenvalue weighted by atomic mass is 79.9. The van der Waals surface area contributed by atoms with Gasteiger partial charge in [-0.25, -0.2) is 4.98 Å². The van der Waals surface area contributed by atoms with Gasteiger partial charge in [-0.1, -0.05) is 46.3 Å². The zero-order valence-corrected chi connectivity index (χ0v) is 17.7. The lowest BCUT2D eigenvalue weighted by Gasteiger charge is -2.11. The van der Waals surface area contributed by atoms with Gasteiger partial charge in [-0.3, -0.25) is 0 Å². The number of ether oxygens (including phenoxy) is 1. The van der Waals surface area contributed by atoms with Gasteiger partial charge in [0.25, 0.3) is 0 Å². The fourth-order valence-electron chi connectivity index (χ4n) is 3.58. The molecule has 0 bridgehead atoms. The Balaban J connectivity index is 1.55. The molecule has 0 saturated heterocycles. The van der Waals surface area contributed by atoms with Gasteiger partial charge in [0.1, 0.15) is 11.6 Å². The molecule has 0 N–H and O–H groups in total. The number of halogens is 1. The van der Waals surface area contributed by atoms with Crippen molar-refractivity contribution >= 4 is 27.0 Å². The second-order valence-corrected chi connectivity index (χ2v) is 8.03. The summed E-state index contributed by atoms with van der Waals surface area (Å²) < 4.78 is 9.35. The number of para-hydroxylation sites is 2. The third-order valence-corrected chi connectivity index (χ3v) is 5.22. The van der Waals surface area contributed by atoms with Crippen molar-refractivity contribution in [1.82, 2.24) is 9.55 Å². The van der Waals surface area contributed by atoms with Crippen molar-refractivity contribution in [2.75, 3.05) is 6.61 Å². The van der Waals surface area contributed by atoms with Crippen molar-refractivity contribution in [2.24, 2.45) is 0 Å². The van der Waals surface area contributed by atoms with E-state index in [0.717, 1.165) is 45.6 Å². The lowest BCUT2D eigenvalue weighted by Crippen LogP contribution is -2.06. The third-order valence-electron chi connectivity index (χ3n) is 4.73. The van der Waals surface area contributed by atoms with Crippen LogP contribution in [0.3, 0.4) is 0 Å². The molecule has 142 valence electrons. The molecule has 0 fully saturated rings. The quantitative estimate of drug-likeness (QED) is 0.321. The first kappa shape index (κ1) is 18.8. The lowest BCUT2D eigenvalue weighted by atomic mass is 10.1. The van der Waals surface area contributed by atoms with E-state index in [0.29, 0.717) is 6.61 Å². The summed E-state index contributed by atoms with van der Waals surface area (Å²) >= 11 is 3.57. The average molecular weight is 435 g/mol. The van der Waals surface area contributed by atoms with Gasteiger partial charge in [0.05, 0.1) is 17.6 Å². The molecule has 1 heterocycles. The van der Waals surface area contributed by atoms with Crippen molar-refractivity contribution in [2.45, 2.75) is 26.8 Å². The van der Waals surface area contributed by atoms with Gasteiger partial charge in [-0.15, -0.1) is 0 Å². The summed E-state index contributed by atoms with van der Waals surface area (Å²) in [5.41, 5.74) is 5.75. The Labute approximate surface area is 174 Å². The molecule has 0 aliphatic carbocycles. The Bertz CT molecular complexity index is 1100. The first-order valence-electron chi connectivity index (χ1n) is 9.52. The highest BCUT2D eigenvalue weighted by molar-refractivity contribution is 9.10. The van der Waals surface area contributed by atoms with Crippen LogP contribution in [0.15, 0.2) is 71.2 Å². The van der Waals surface area contributed by atoms with Crippen molar-refractivity contribution < 1.29 is 4.74 Å². The molecule has 0 atom stereocenters. The minimum Gasteiger partial charge on any atom is -0.494 e. The number of aromatic nitrogens is 2. The number of benzene rings is 3. The van der Waals surface area contributed by atoms with E-state index in [1.165, 1.54) is 11.1 Å². The average Bonchev–Trinajstić information content (AvgIpc) is 3.03. The van der Waals surface area contributed by atoms with Gasteiger partial charge in [0, 0.05) is 16.6 Å². The minimum atomic E-state index is 0.674. The van der Waals surface area contributed by atoms with Crippen LogP contribution in [0.2, 0.25) is 0 Å². The summed E-state index contributed by atoms with van der Waals surface area (Å²) in [6.07, 6.45) is 0.911. The molecule has 0 radical (unpaired) electrons. The fraction of sp³-hybridized carbons (Fsp3) is 0.208. The molecule has 0 aliphatic heterocycles. The molecule has 3 aromatic carbocycles. The zero-order chi connectivity index (χ0) is 19.5. The normalized spacial score (nSPS) is 11.1. The molecule has 3 nitrogen and oxygen atoms in total. The number of fused-ring (bicyclic) bond motifs is 1. The van der Waals surface area contributed by atoms with Gasteiger partial charge in [0.2, 0.25) is 0 Å². The molecule has 4 aromatic rings. The lowest BCUT2D eigenvalue weighted by molar-refractivity contribution is 0.302. The topological polar surface area (TPSA) is 27.1 Å². The molecule has 0 saturated carbocycles. The first-order valence-corrected chi connectivity index (χ1v) is 10.3. The highest BCUT2D eigenvalue weighted by Gasteiger charge is 2.12. The fourth-order valence-corrected chi connectivity index (χ4v) is 3.98. The SMILES string of the molecule is Cc1cc(C)cc(OCCCn2c(-c3cccc(Br)c3)nc3ccccc32)c1. The van der Waals surface area contributed by atoms with Crippen molar-refractivity contribution in [3.63, 3.8) is 0 Å². The van der Waals surface area contributed by atoms with Gasteiger partial charge in [0.15, 0.2) is 0 Å². The number of hydrogen-bond donors (Lipinski definition) is 0. The van der Waals surface area contributed by atoms with E-state index < -0.39 is 0 Å². The molecule has 0 aliphatic rings. The number of aryl methyl sites for hydroxylation is 3. The van der Waals surface area contributed by atoms with Crippen LogP contribution in [-0.2, 0) is 6.54 Å².